The lowest BCUT2D eigenvalue weighted by atomic mass is 10.1. The van der Waals surface area contributed by atoms with Gasteiger partial charge in [0, 0.05) is 17.6 Å². The van der Waals surface area contributed by atoms with Crippen LogP contribution >= 0.6 is 11.6 Å². The standard InChI is InChI=1S/C15H12ClN3O3/c16-12-4-2-11(3-5-12)15(20)9-18-13-6-1-10(8-17)7-14(13)19(21)22/h1-7,15,18,20H,9H2. The third kappa shape index (κ3) is 3.73. The second kappa shape index (κ2) is 6.89. The molecule has 0 aromatic heterocycles. The summed E-state index contributed by atoms with van der Waals surface area (Å²) in [7, 11) is 0. The molecule has 1 atom stereocenters. The first kappa shape index (κ1) is 15.8. The summed E-state index contributed by atoms with van der Waals surface area (Å²) in [6.45, 7) is 0.0916. The fraction of sp³-hybridized carbons (Fsp3) is 0.133. The Morgan fingerprint density at radius 2 is 2.00 bits per heavy atom. The number of nitro benzene ring substituents is 1. The van der Waals surface area contributed by atoms with Crippen LogP contribution in [-0.4, -0.2) is 16.6 Å². The molecule has 112 valence electrons. The Kier molecular flexibility index (Phi) is 4.94. The highest BCUT2D eigenvalue weighted by Gasteiger charge is 2.16. The maximum atomic E-state index is 11.0. The number of nitrogens with one attached hydrogen (secondary N) is 1. The molecule has 2 N–H and O–H groups in total. The van der Waals surface area contributed by atoms with Crippen LogP contribution in [-0.2, 0) is 0 Å². The number of anilines is 1. The molecule has 0 bridgehead atoms. The summed E-state index contributed by atoms with van der Waals surface area (Å²) in [5.41, 5.74) is 0.892. The molecule has 2 rings (SSSR count). The molecule has 0 spiro atoms. The van der Waals surface area contributed by atoms with Crippen molar-refractivity contribution in [3.05, 3.63) is 68.7 Å². The Labute approximate surface area is 131 Å². The van der Waals surface area contributed by atoms with Crippen molar-refractivity contribution in [2.45, 2.75) is 6.10 Å². The lowest BCUT2D eigenvalue weighted by molar-refractivity contribution is -0.384. The molecule has 0 saturated carbocycles. The van der Waals surface area contributed by atoms with Crippen LogP contribution in [0.15, 0.2) is 42.5 Å². The van der Waals surface area contributed by atoms with Gasteiger partial charge in [-0.25, -0.2) is 0 Å². The molecule has 0 aliphatic rings. The van der Waals surface area contributed by atoms with E-state index in [1.165, 1.54) is 18.2 Å². The number of benzene rings is 2. The van der Waals surface area contributed by atoms with E-state index < -0.39 is 11.0 Å². The van der Waals surface area contributed by atoms with Crippen molar-refractivity contribution < 1.29 is 10.0 Å². The minimum absolute atomic E-state index is 0.0916. The van der Waals surface area contributed by atoms with Gasteiger partial charge in [0.05, 0.1) is 22.7 Å². The van der Waals surface area contributed by atoms with E-state index in [2.05, 4.69) is 5.32 Å². The monoisotopic (exact) mass is 317 g/mol. The fourth-order valence-electron chi connectivity index (χ4n) is 1.91. The van der Waals surface area contributed by atoms with Gasteiger partial charge in [-0.1, -0.05) is 23.7 Å². The summed E-state index contributed by atoms with van der Waals surface area (Å²) < 4.78 is 0. The number of halogens is 1. The van der Waals surface area contributed by atoms with Gasteiger partial charge in [0.1, 0.15) is 5.69 Å². The van der Waals surface area contributed by atoms with E-state index in [0.717, 1.165) is 0 Å². The predicted octanol–water partition coefficient (Wildman–Crippen LogP) is 3.27. The van der Waals surface area contributed by atoms with Crippen LogP contribution in [0.25, 0.3) is 0 Å². The van der Waals surface area contributed by atoms with Crippen LogP contribution in [0, 0.1) is 21.4 Å². The summed E-state index contributed by atoms with van der Waals surface area (Å²) >= 11 is 5.77. The highest BCUT2D eigenvalue weighted by molar-refractivity contribution is 6.30. The molecule has 0 saturated heterocycles. The maximum Gasteiger partial charge on any atom is 0.293 e. The van der Waals surface area contributed by atoms with Gasteiger partial charge in [0.15, 0.2) is 0 Å². The number of nitro groups is 1. The first-order valence-corrected chi connectivity index (χ1v) is 6.75. The lowest BCUT2D eigenvalue weighted by Crippen LogP contribution is -2.13. The number of hydrogen-bond acceptors (Lipinski definition) is 5. The molecule has 0 radical (unpaired) electrons. The van der Waals surface area contributed by atoms with Crippen LogP contribution in [0.4, 0.5) is 11.4 Å². The Bertz CT molecular complexity index is 726. The Morgan fingerprint density at radius 1 is 1.32 bits per heavy atom. The number of hydrogen-bond donors (Lipinski definition) is 2. The molecule has 1 unspecified atom stereocenters. The Balaban J connectivity index is 2.12. The van der Waals surface area contributed by atoms with Crippen molar-refractivity contribution >= 4 is 23.0 Å². The van der Waals surface area contributed by atoms with Crippen molar-refractivity contribution in [2.24, 2.45) is 0 Å². The minimum Gasteiger partial charge on any atom is -0.387 e. The molecule has 0 heterocycles. The largest absolute Gasteiger partial charge is 0.387 e. The van der Waals surface area contributed by atoms with Gasteiger partial charge in [0.25, 0.3) is 5.69 Å². The van der Waals surface area contributed by atoms with E-state index in [-0.39, 0.29) is 23.5 Å². The fourth-order valence-corrected chi connectivity index (χ4v) is 2.04. The quantitative estimate of drug-likeness (QED) is 0.651. The van der Waals surface area contributed by atoms with E-state index in [9.17, 15) is 15.2 Å². The molecule has 0 aliphatic carbocycles. The van der Waals surface area contributed by atoms with Gasteiger partial charge in [0.2, 0.25) is 0 Å². The minimum atomic E-state index is -0.840. The molecule has 2 aromatic carbocycles. The average molecular weight is 318 g/mol. The van der Waals surface area contributed by atoms with Crippen molar-refractivity contribution in [1.82, 2.24) is 0 Å². The van der Waals surface area contributed by atoms with Gasteiger partial charge >= 0.3 is 0 Å². The predicted molar refractivity (Wildman–Crippen MR) is 82.7 cm³/mol. The number of nitrogens with zero attached hydrogens (tertiary/aromatic N) is 2. The molecule has 22 heavy (non-hydrogen) atoms. The van der Waals surface area contributed by atoms with Gasteiger partial charge in [-0.2, -0.15) is 5.26 Å². The van der Waals surface area contributed by atoms with Crippen LogP contribution in [0.3, 0.4) is 0 Å². The molecule has 0 fully saturated rings. The number of nitriles is 1. The molecule has 6 nitrogen and oxygen atoms in total. The summed E-state index contributed by atoms with van der Waals surface area (Å²) in [6.07, 6.45) is -0.840. The highest BCUT2D eigenvalue weighted by Crippen LogP contribution is 2.26. The zero-order valence-corrected chi connectivity index (χ0v) is 12.1. The van der Waals surface area contributed by atoms with E-state index in [0.29, 0.717) is 10.6 Å². The Morgan fingerprint density at radius 3 is 2.59 bits per heavy atom. The maximum absolute atomic E-state index is 11.0. The van der Waals surface area contributed by atoms with Crippen LogP contribution in [0.1, 0.15) is 17.2 Å². The second-order valence-corrected chi connectivity index (χ2v) is 4.99. The van der Waals surface area contributed by atoms with Crippen molar-refractivity contribution in [3.8, 4) is 6.07 Å². The molecule has 2 aromatic rings. The van der Waals surface area contributed by atoms with Gasteiger partial charge in [-0.3, -0.25) is 10.1 Å². The topological polar surface area (TPSA) is 99.2 Å². The third-order valence-electron chi connectivity index (χ3n) is 3.06. The van der Waals surface area contributed by atoms with Crippen molar-refractivity contribution in [2.75, 3.05) is 11.9 Å². The SMILES string of the molecule is N#Cc1ccc(NCC(O)c2ccc(Cl)cc2)c([N+](=O)[O-])c1. The molecule has 0 aliphatic heterocycles. The molecular weight excluding hydrogens is 306 g/mol. The second-order valence-electron chi connectivity index (χ2n) is 4.55. The third-order valence-corrected chi connectivity index (χ3v) is 3.32. The van der Waals surface area contributed by atoms with Crippen molar-refractivity contribution in [3.63, 3.8) is 0 Å². The Hall–Kier alpha value is -2.62. The van der Waals surface area contributed by atoms with Crippen molar-refractivity contribution in [1.29, 1.82) is 5.26 Å². The van der Waals surface area contributed by atoms with E-state index in [1.807, 2.05) is 6.07 Å². The average Bonchev–Trinajstić information content (AvgIpc) is 2.53. The zero-order chi connectivity index (χ0) is 16.1. The number of aliphatic hydroxyl groups excluding tert-OH is 1. The van der Waals surface area contributed by atoms with Crippen LogP contribution in [0.5, 0.6) is 0 Å². The molecular formula is C15H12ClN3O3. The lowest BCUT2D eigenvalue weighted by Gasteiger charge is -2.13. The number of aliphatic hydroxyl groups is 1. The van der Waals surface area contributed by atoms with Gasteiger partial charge in [-0.05, 0) is 29.8 Å². The molecule has 0 amide bonds. The summed E-state index contributed by atoms with van der Waals surface area (Å²) in [5.74, 6) is 0. The van der Waals surface area contributed by atoms with E-state index >= 15 is 0 Å². The smallest absolute Gasteiger partial charge is 0.293 e. The molecule has 7 heteroatoms. The summed E-state index contributed by atoms with van der Waals surface area (Å²) in [4.78, 5) is 10.4. The number of rotatable bonds is 5. The van der Waals surface area contributed by atoms with E-state index in [4.69, 9.17) is 16.9 Å². The highest BCUT2D eigenvalue weighted by atomic mass is 35.5. The first-order valence-electron chi connectivity index (χ1n) is 6.37. The van der Waals surface area contributed by atoms with E-state index in [1.54, 1.807) is 24.3 Å². The van der Waals surface area contributed by atoms with Crippen LogP contribution < -0.4 is 5.32 Å². The first-order chi connectivity index (χ1) is 10.5. The van der Waals surface area contributed by atoms with Gasteiger partial charge < -0.3 is 10.4 Å². The van der Waals surface area contributed by atoms with Crippen LogP contribution in [0.2, 0.25) is 5.02 Å². The summed E-state index contributed by atoms with van der Waals surface area (Å²) in [5, 5.41) is 33.3. The normalized spacial score (nSPS) is 11.5. The zero-order valence-electron chi connectivity index (χ0n) is 11.4. The van der Waals surface area contributed by atoms with Gasteiger partial charge in [-0.15, -0.1) is 0 Å². The summed E-state index contributed by atoms with van der Waals surface area (Å²) in [6, 6.07) is 12.6.